The van der Waals surface area contributed by atoms with Crippen LogP contribution in [0.3, 0.4) is 0 Å². The Morgan fingerprint density at radius 1 is 1.07 bits per heavy atom. The third-order valence-electron chi connectivity index (χ3n) is 13.8. The van der Waals surface area contributed by atoms with E-state index in [9.17, 15) is 19.2 Å². The molecule has 2 N–H and O–H groups in total. The van der Waals surface area contributed by atoms with E-state index in [1.54, 1.807) is 4.90 Å². The molecule has 0 unspecified atom stereocenters. The maximum atomic E-state index is 16.0. The molecule has 2 fully saturated rings. The minimum atomic E-state index is -1.12. The van der Waals surface area contributed by atoms with E-state index in [4.69, 9.17) is 14.5 Å². The number of carbonyl (C=O) groups excluding carboxylic acids is 4. The number of hydrazine groups is 1. The molecule has 2 saturated heterocycles. The van der Waals surface area contributed by atoms with Crippen LogP contribution in [0.15, 0.2) is 54.7 Å². The van der Waals surface area contributed by atoms with Gasteiger partial charge in [-0.15, -0.1) is 0 Å². The molecule has 364 valence electrons. The molecule has 3 aliphatic heterocycles. The third-order valence-corrected chi connectivity index (χ3v) is 13.8. The second kappa shape index (κ2) is 20.5. The molecule has 0 spiro atoms. The fourth-order valence-electron chi connectivity index (χ4n) is 9.26. The van der Waals surface area contributed by atoms with E-state index in [2.05, 4.69) is 80.0 Å². The highest BCUT2D eigenvalue weighted by Gasteiger charge is 2.38. The number of carbonyl (C=O) groups is 4. The van der Waals surface area contributed by atoms with Crippen LogP contribution in [0.4, 0.5) is 4.39 Å². The number of likely N-dealkylation sites (tertiary alicyclic amines) is 1. The lowest BCUT2D eigenvalue weighted by Crippen LogP contribution is -2.61. The number of esters is 1. The van der Waals surface area contributed by atoms with Gasteiger partial charge in [0.25, 0.3) is 11.8 Å². The lowest BCUT2D eigenvalue weighted by molar-refractivity contribution is -0.155. The first-order chi connectivity index (χ1) is 32.2. The quantitative estimate of drug-likeness (QED) is 0.126. The first-order valence-corrected chi connectivity index (χ1v) is 24.2. The van der Waals surface area contributed by atoms with Crippen LogP contribution in [0.1, 0.15) is 97.9 Å². The van der Waals surface area contributed by atoms with Gasteiger partial charge in [0.05, 0.1) is 42.2 Å². The minimum absolute atomic E-state index is 0.0172. The number of halogens is 1. The summed E-state index contributed by atoms with van der Waals surface area (Å²) in [4.78, 5) is 64.1. The molecule has 2 aromatic carbocycles. The minimum Gasteiger partial charge on any atom is -0.464 e. The van der Waals surface area contributed by atoms with Crippen LogP contribution in [0.2, 0.25) is 0 Å². The Kier molecular flexibility index (Phi) is 15.2. The maximum Gasteiger partial charge on any atom is 0.324 e. The number of aromatic nitrogens is 2. The second-order valence-electron chi connectivity index (χ2n) is 21.0. The molecule has 13 nitrogen and oxygen atoms in total. The van der Waals surface area contributed by atoms with E-state index in [-0.39, 0.29) is 49.4 Å². The van der Waals surface area contributed by atoms with Gasteiger partial charge in [-0.3, -0.25) is 34.1 Å². The zero-order chi connectivity index (χ0) is 49.2. The number of cyclic esters (lactones) is 1. The van der Waals surface area contributed by atoms with Crippen molar-refractivity contribution in [3.05, 3.63) is 77.4 Å². The SMILES string of the molecule is CCn1c(-c2cccnc2C(C)C)c2c3cc(ccc31)-c1cc(F)cc(c1)C[C@H](NC(=O)[C@@H](COC1CN(C(=O)C#CC(C)(C)N(C)C)C1)C(C)C)C(=O)N1CCC[C@H](N1)C(=O)OCC(C)(C)C2. The predicted octanol–water partition coefficient (Wildman–Crippen LogP) is 7.14. The van der Waals surface area contributed by atoms with Crippen molar-refractivity contribution in [1.29, 1.82) is 0 Å². The summed E-state index contributed by atoms with van der Waals surface area (Å²) in [6, 6.07) is 13.2. The average Bonchev–Trinajstić information content (AvgIpc) is 3.58. The lowest BCUT2D eigenvalue weighted by atomic mass is 9.83. The van der Waals surface area contributed by atoms with Crippen molar-refractivity contribution in [2.45, 2.75) is 124 Å². The summed E-state index contributed by atoms with van der Waals surface area (Å²) in [5.41, 5.74) is 9.32. The highest BCUT2D eigenvalue weighted by atomic mass is 19.1. The van der Waals surface area contributed by atoms with E-state index >= 15 is 4.39 Å². The topological polar surface area (TPSA) is 138 Å². The predicted molar refractivity (Wildman–Crippen MR) is 262 cm³/mol. The largest absolute Gasteiger partial charge is 0.464 e. The number of hydrogen-bond acceptors (Lipinski definition) is 9. The summed E-state index contributed by atoms with van der Waals surface area (Å²) in [5, 5.41) is 5.44. The smallest absolute Gasteiger partial charge is 0.324 e. The molecule has 2 aromatic heterocycles. The van der Waals surface area contributed by atoms with Gasteiger partial charge in [-0.2, -0.15) is 0 Å². The molecule has 7 rings (SSSR count). The van der Waals surface area contributed by atoms with E-state index in [1.807, 2.05) is 71.1 Å². The van der Waals surface area contributed by atoms with Crippen LogP contribution in [-0.4, -0.2) is 119 Å². The van der Waals surface area contributed by atoms with E-state index < -0.39 is 46.6 Å². The van der Waals surface area contributed by atoms with Crippen molar-refractivity contribution in [2.75, 3.05) is 46.9 Å². The van der Waals surface area contributed by atoms with Gasteiger partial charge in [-0.1, -0.05) is 59.6 Å². The number of rotatable bonds is 10. The number of amides is 3. The number of hydrogen-bond donors (Lipinski definition) is 2. The molecule has 0 radical (unpaired) electrons. The van der Waals surface area contributed by atoms with Crippen molar-refractivity contribution >= 4 is 34.6 Å². The average molecular weight is 932 g/mol. The maximum absolute atomic E-state index is 16.0. The first-order valence-electron chi connectivity index (χ1n) is 24.2. The van der Waals surface area contributed by atoms with Gasteiger partial charge in [0.15, 0.2) is 0 Å². The molecular weight excluding hydrogens is 862 g/mol. The highest BCUT2D eigenvalue weighted by molar-refractivity contribution is 5.96. The monoisotopic (exact) mass is 932 g/mol. The standard InChI is InChI=1S/C54H70FN7O6/c1-12-61-46-18-17-36-27-41(46)42(49(61)40-15-13-21-56-48(40)34(4)5)28-53(6,7)32-68-52(66)44-16-14-22-62(58-44)51(65)45(25-35-23-37(36)26-38(55)24-35)57-50(64)43(33(2)3)31-67-39-29-60(30-39)47(63)19-20-54(8,9)59(10)11/h13,15,17-18,21,23-24,26-27,33-34,39,43-45,58H,12,14,16,22,25,28-32H2,1-11H3,(H,57,64)/t43-,44-,45-/m0/s1. The van der Waals surface area contributed by atoms with Gasteiger partial charge in [0.1, 0.15) is 17.9 Å². The van der Waals surface area contributed by atoms with Gasteiger partial charge < -0.3 is 24.3 Å². The number of nitrogens with one attached hydrogen (secondary N) is 2. The summed E-state index contributed by atoms with van der Waals surface area (Å²) in [6.07, 6.45) is 3.10. The van der Waals surface area contributed by atoms with Crippen LogP contribution in [0.25, 0.3) is 33.3 Å². The van der Waals surface area contributed by atoms with Crippen LogP contribution in [0, 0.1) is 34.9 Å². The van der Waals surface area contributed by atoms with Gasteiger partial charge in [-0.25, -0.2) is 9.82 Å². The Hall–Kier alpha value is -5.62. The summed E-state index contributed by atoms with van der Waals surface area (Å²) in [7, 11) is 3.82. The van der Waals surface area contributed by atoms with Crippen LogP contribution < -0.4 is 10.7 Å². The van der Waals surface area contributed by atoms with Crippen molar-refractivity contribution in [3.63, 3.8) is 0 Å². The molecule has 4 aromatic rings. The Morgan fingerprint density at radius 2 is 1.82 bits per heavy atom. The Bertz CT molecular complexity index is 2600. The molecule has 3 aliphatic rings. The molecule has 3 amide bonds. The number of benzene rings is 2. The molecule has 68 heavy (non-hydrogen) atoms. The Balaban J connectivity index is 1.21. The van der Waals surface area contributed by atoms with Crippen molar-refractivity contribution < 1.29 is 33.0 Å². The summed E-state index contributed by atoms with van der Waals surface area (Å²) < 4.78 is 30.6. The molecule has 0 saturated carbocycles. The zero-order valence-corrected chi connectivity index (χ0v) is 41.8. The fraction of sp³-hybridized carbons (Fsp3) is 0.537. The first kappa shape index (κ1) is 50.3. The molecule has 14 heteroatoms. The van der Waals surface area contributed by atoms with Crippen LogP contribution in [0.5, 0.6) is 0 Å². The zero-order valence-electron chi connectivity index (χ0n) is 41.8. The number of nitrogens with zero attached hydrogens (tertiary/aromatic N) is 5. The van der Waals surface area contributed by atoms with Gasteiger partial charge in [0, 0.05) is 60.7 Å². The van der Waals surface area contributed by atoms with Crippen LogP contribution in [-0.2, 0) is 48.0 Å². The Morgan fingerprint density at radius 3 is 2.51 bits per heavy atom. The van der Waals surface area contributed by atoms with E-state index in [1.165, 1.54) is 17.1 Å². The van der Waals surface area contributed by atoms with Gasteiger partial charge >= 0.3 is 5.97 Å². The Labute approximate surface area is 401 Å². The molecule has 6 bridgehead atoms. The van der Waals surface area contributed by atoms with Crippen molar-refractivity contribution in [1.82, 2.24) is 35.1 Å². The molecule has 5 heterocycles. The molecule has 0 aliphatic carbocycles. The number of fused-ring (bicyclic) bond motifs is 6. The molecule has 3 atom stereocenters. The molecular formula is C54H70FN7O6. The number of aryl methyl sites for hydroxylation is 1. The van der Waals surface area contributed by atoms with Crippen LogP contribution >= 0.6 is 0 Å². The normalized spacial score (nSPS) is 19.6. The summed E-state index contributed by atoms with van der Waals surface area (Å²) in [6.45, 7) is 20.2. The fourth-order valence-corrected chi connectivity index (χ4v) is 9.26. The van der Waals surface area contributed by atoms with E-state index in [0.717, 1.165) is 39.0 Å². The summed E-state index contributed by atoms with van der Waals surface area (Å²) >= 11 is 0. The lowest BCUT2D eigenvalue weighted by Gasteiger charge is -2.39. The van der Waals surface area contributed by atoms with Gasteiger partial charge in [0.2, 0.25) is 5.91 Å². The van der Waals surface area contributed by atoms with Crippen molar-refractivity contribution in [3.8, 4) is 34.2 Å². The highest BCUT2D eigenvalue weighted by Crippen LogP contribution is 2.42. The van der Waals surface area contributed by atoms with Gasteiger partial charge in [-0.05, 0) is 131 Å². The number of pyridine rings is 1. The third kappa shape index (κ3) is 11.1. The summed E-state index contributed by atoms with van der Waals surface area (Å²) in [5.74, 6) is 3.09. The van der Waals surface area contributed by atoms with E-state index in [0.29, 0.717) is 56.6 Å². The number of ether oxygens (including phenoxy) is 2. The van der Waals surface area contributed by atoms with Crippen molar-refractivity contribution in [2.24, 2.45) is 17.3 Å². The second-order valence-corrected chi connectivity index (χ2v) is 21.0.